The first-order valence-corrected chi connectivity index (χ1v) is 6.27. The Hall–Kier alpha value is -2.43. The molecule has 0 fully saturated rings. The summed E-state index contributed by atoms with van der Waals surface area (Å²) in [5.74, 6) is -0.581. The summed E-state index contributed by atoms with van der Waals surface area (Å²) in [6, 6.07) is 9.11. The van der Waals surface area contributed by atoms with Gasteiger partial charge in [0.1, 0.15) is 11.7 Å². The molecule has 0 aliphatic carbocycles. The second-order valence-corrected chi connectivity index (χ2v) is 4.82. The Morgan fingerprint density at radius 2 is 1.80 bits per heavy atom. The highest BCUT2D eigenvalue weighted by atomic mass is 19.1. The van der Waals surface area contributed by atoms with Crippen molar-refractivity contribution in [1.29, 1.82) is 5.41 Å². The van der Waals surface area contributed by atoms with Crippen molar-refractivity contribution in [1.82, 2.24) is 4.57 Å². The van der Waals surface area contributed by atoms with E-state index in [0.717, 1.165) is 5.56 Å². The molecule has 0 spiro atoms. The number of nitrogens with zero attached hydrogens (tertiary/aromatic N) is 1. The zero-order chi connectivity index (χ0) is 14.9. The van der Waals surface area contributed by atoms with Gasteiger partial charge in [-0.1, -0.05) is 0 Å². The molecule has 1 aromatic heterocycles. The van der Waals surface area contributed by atoms with Gasteiger partial charge in [-0.2, -0.15) is 0 Å². The van der Waals surface area contributed by atoms with Gasteiger partial charge in [0.15, 0.2) is 0 Å². The van der Waals surface area contributed by atoms with E-state index in [0.29, 0.717) is 5.69 Å². The van der Waals surface area contributed by atoms with E-state index < -0.39 is 0 Å². The highest BCUT2D eigenvalue weighted by molar-refractivity contribution is 5.94. The topological polar surface area (TPSA) is 71.9 Å². The first-order chi connectivity index (χ1) is 9.41. The summed E-state index contributed by atoms with van der Waals surface area (Å²) in [7, 11) is 0. The normalized spacial score (nSPS) is 10.8. The molecule has 1 heterocycles. The van der Waals surface area contributed by atoms with Crippen molar-refractivity contribution in [2.24, 2.45) is 5.73 Å². The van der Waals surface area contributed by atoms with Crippen LogP contribution < -0.4 is 11.3 Å². The van der Waals surface area contributed by atoms with Crippen LogP contribution in [0.15, 0.2) is 41.2 Å². The highest BCUT2D eigenvalue weighted by Crippen LogP contribution is 2.21. The number of aromatic nitrogens is 1. The number of pyridine rings is 1. The van der Waals surface area contributed by atoms with Crippen molar-refractivity contribution in [2.75, 3.05) is 0 Å². The number of amidine groups is 1. The fourth-order valence-electron chi connectivity index (χ4n) is 2.13. The number of benzene rings is 1. The molecular formula is C15H16FN3O. The van der Waals surface area contributed by atoms with E-state index in [4.69, 9.17) is 11.1 Å². The Morgan fingerprint density at radius 3 is 2.30 bits per heavy atom. The maximum Gasteiger partial charge on any atom is 0.262 e. The number of nitrogens with two attached hydrogens (primary N) is 1. The zero-order valence-corrected chi connectivity index (χ0v) is 11.4. The van der Waals surface area contributed by atoms with Gasteiger partial charge >= 0.3 is 0 Å². The molecule has 2 rings (SSSR count). The van der Waals surface area contributed by atoms with Gasteiger partial charge in [0, 0.05) is 6.04 Å². The SMILES string of the molecule is CC(C)n1c(-c2ccc(F)cc2)ccc(C(=N)N)c1=O. The van der Waals surface area contributed by atoms with E-state index in [9.17, 15) is 9.18 Å². The highest BCUT2D eigenvalue weighted by Gasteiger charge is 2.14. The number of nitrogens with one attached hydrogen (secondary N) is 1. The van der Waals surface area contributed by atoms with Crippen LogP contribution in [0, 0.1) is 11.2 Å². The Kier molecular flexibility index (Phi) is 3.70. The minimum Gasteiger partial charge on any atom is -0.384 e. The third-order valence-corrected chi connectivity index (χ3v) is 3.06. The average molecular weight is 273 g/mol. The monoisotopic (exact) mass is 273 g/mol. The van der Waals surface area contributed by atoms with Crippen LogP contribution in [-0.4, -0.2) is 10.4 Å². The van der Waals surface area contributed by atoms with E-state index in [2.05, 4.69) is 0 Å². The molecule has 20 heavy (non-hydrogen) atoms. The van der Waals surface area contributed by atoms with Gasteiger partial charge in [0.05, 0.1) is 11.3 Å². The largest absolute Gasteiger partial charge is 0.384 e. The maximum atomic E-state index is 13.0. The standard InChI is InChI=1S/C15H16FN3O/c1-9(2)19-13(10-3-5-11(16)6-4-10)8-7-12(14(17)18)15(19)20/h3-9H,1-2H3,(H3,17,18). The van der Waals surface area contributed by atoms with Crippen LogP contribution in [0.5, 0.6) is 0 Å². The number of hydrogen-bond donors (Lipinski definition) is 2. The van der Waals surface area contributed by atoms with E-state index in [1.807, 2.05) is 13.8 Å². The van der Waals surface area contributed by atoms with Crippen LogP contribution in [0.2, 0.25) is 0 Å². The summed E-state index contributed by atoms with van der Waals surface area (Å²) < 4.78 is 14.6. The summed E-state index contributed by atoms with van der Waals surface area (Å²) in [6.45, 7) is 3.75. The smallest absolute Gasteiger partial charge is 0.262 e. The molecule has 2 aromatic rings. The van der Waals surface area contributed by atoms with E-state index >= 15 is 0 Å². The van der Waals surface area contributed by atoms with Crippen LogP contribution in [0.4, 0.5) is 4.39 Å². The molecule has 0 aliphatic heterocycles. The van der Waals surface area contributed by atoms with Gasteiger partial charge < -0.3 is 10.3 Å². The summed E-state index contributed by atoms with van der Waals surface area (Å²) in [5, 5.41) is 7.43. The molecule has 0 radical (unpaired) electrons. The Morgan fingerprint density at radius 1 is 1.20 bits per heavy atom. The quantitative estimate of drug-likeness (QED) is 0.666. The molecule has 4 nitrogen and oxygen atoms in total. The number of hydrogen-bond acceptors (Lipinski definition) is 2. The van der Waals surface area contributed by atoms with Crippen LogP contribution in [0.3, 0.4) is 0 Å². The fraction of sp³-hybridized carbons (Fsp3) is 0.200. The molecule has 0 aliphatic rings. The zero-order valence-electron chi connectivity index (χ0n) is 11.4. The third-order valence-electron chi connectivity index (χ3n) is 3.06. The molecular weight excluding hydrogens is 257 g/mol. The number of halogens is 1. The summed E-state index contributed by atoms with van der Waals surface area (Å²) >= 11 is 0. The Bertz CT molecular complexity index is 702. The van der Waals surface area contributed by atoms with Crippen molar-refractivity contribution in [2.45, 2.75) is 19.9 Å². The van der Waals surface area contributed by atoms with Crippen LogP contribution in [0.25, 0.3) is 11.3 Å². The van der Waals surface area contributed by atoms with E-state index in [-0.39, 0.29) is 28.8 Å². The number of nitrogen functional groups attached to an aromatic ring is 1. The Balaban J connectivity index is 2.71. The minimum atomic E-state index is -0.326. The molecule has 5 heteroatoms. The van der Waals surface area contributed by atoms with Crippen LogP contribution in [-0.2, 0) is 0 Å². The number of rotatable bonds is 3. The molecule has 1 aromatic carbocycles. The summed E-state index contributed by atoms with van der Waals surface area (Å²) in [5.41, 5.74) is 6.69. The van der Waals surface area contributed by atoms with E-state index in [1.165, 1.54) is 18.2 Å². The molecule has 0 unspecified atom stereocenters. The average Bonchev–Trinajstić information content (AvgIpc) is 2.38. The first kappa shape index (κ1) is 14.0. The van der Waals surface area contributed by atoms with Crippen molar-refractivity contribution >= 4 is 5.84 Å². The van der Waals surface area contributed by atoms with Gasteiger partial charge in [-0.15, -0.1) is 0 Å². The van der Waals surface area contributed by atoms with Crippen LogP contribution in [0.1, 0.15) is 25.5 Å². The predicted molar refractivity (Wildman–Crippen MR) is 77.5 cm³/mol. The third kappa shape index (κ3) is 2.47. The lowest BCUT2D eigenvalue weighted by Crippen LogP contribution is -2.31. The van der Waals surface area contributed by atoms with Gasteiger partial charge in [0.2, 0.25) is 0 Å². The van der Waals surface area contributed by atoms with Gasteiger partial charge in [0.25, 0.3) is 5.56 Å². The lowest BCUT2D eigenvalue weighted by Gasteiger charge is -2.17. The van der Waals surface area contributed by atoms with Gasteiger partial charge in [-0.25, -0.2) is 4.39 Å². The lowest BCUT2D eigenvalue weighted by molar-refractivity contribution is 0.584. The first-order valence-electron chi connectivity index (χ1n) is 6.27. The molecule has 104 valence electrons. The predicted octanol–water partition coefficient (Wildman–Crippen LogP) is 2.52. The molecule has 0 saturated carbocycles. The van der Waals surface area contributed by atoms with Crippen molar-refractivity contribution in [3.05, 3.63) is 58.1 Å². The second kappa shape index (κ2) is 5.28. The molecule has 0 saturated heterocycles. The van der Waals surface area contributed by atoms with Crippen molar-refractivity contribution in [3.63, 3.8) is 0 Å². The molecule has 0 amide bonds. The molecule has 0 atom stereocenters. The summed E-state index contributed by atoms with van der Waals surface area (Å²) in [6.07, 6.45) is 0. The van der Waals surface area contributed by atoms with Crippen molar-refractivity contribution in [3.8, 4) is 11.3 Å². The molecule has 0 bridgehead atoms. The Labute approximate surface area is 116 Å². The molecule has 3 N–H and O–H groups in total. The van der Waals surface area contributed by atoms with E-state index in [1.54, 1.807) is 22.8 Å². The van der Waals surface area contributed by atoms with Gasteiger partial charge in [-0.3, -0.25) is 10.2 Å². The fourth-order valence-corrected chi connectivity index (χ4v) is 2.13. The van der Waals surface area contributed by atoms with Crippen molar-refractivity contribution < 1.29 is 4.39 Å². The minimum absolute atomic E-state index is 0.0955. The summed E-state index contributed by atoms with van der Waals surface area (Å²) in [4.78, 5) is 12.4. The van der Waals surface area contributed by atoms with Crippen LogP contribution >= 0.6 is 0 Å². The van der Waals surface area contributed by atoms with Gasteiger partial charge in [-0.05, 0) is 55.8 Å². The second-order valence-electron chi connectivity index (χ2n) is 4.82. The maximum absolute atomic E-state index is 13.0. The lowest BCUT2D eigenvalue weighted by atomic mass is 10.1.